The number of hydrogen-bond donors (Lipinski definition) is 1. The van der Waals surface area contributed by atoms with Gasteiger partial charge in [-0.3, -0.25) is 18.6 Å². The van der Waals surface area contributed by atoms with E-state index in [0.29, 0.717) is 35.8 Å². The van der Waals surface area contributed by atoms with Crippen molar-refractivity contribution in [3.05, 3.63) is 39.1 Å². The molecule has 1 fully saturated rings. The Bertz CT molecular complexity index is 1290. The average molecular weight is 382 g/mol. The highest BCUT2D eigenvalue weighted by molar-refractivity contribution is 5.76. The molecule has 0 unspecified atom stereocenters. The maximum absolute atomic E-state index is 12.9. The van der Waals surface area contributed by atoms with E-state index >= 15 is 0 Å². The molecule has 28 heavy (non-hydrogen) atoms. The summed E-state index contributed by atoms with van der Waals surface area (Å²) in [5.41, 5.74) is 0.955. The molecule has 144 valence electrons. The van der Waals surface area contributed by atoms with E-state index in [2.05, 4.69) is 30.7 Å². The second kappa shape index (κ2) is 5.97. The quantitative estimate of drug-likeness (QED) is 0.486. The molecule has 0 bridgehead atoms. The third kappa shape index (κ3) is 2.48. The predicted octanol–water partition coefficient (Wildman–Crippen LogP) is -0.612. The van der Waals surface area contributed by atoms with Crippen LogP contribution in [0.3, 0.4) is 0 Å². The fraction of sp³-hybridized carbons (Fsp3) is 0.438. The van der Waals surface area contributed by atoms with Gasteiger partial charge in [0.2, 0.25) is 0 Å². The topological polar surface area (TPSA) is 134 Å². The summed E-state index contributed by atoms with van der Waals surface area (Å²) >= 11 is 0. The van der Waals surface area contributed by atoms with E-state index in [1.807, 2.05) is 6.20 Å². The molecule has 0 aliphatic heterocycles. The molecule has 12 nitrogen and oxygen atoms in total. The number of aromatic amines is 1. The number of rotatable bonds is 5. The summed E-state index contributed by atoms with van der Waals surface area (Å²) in [5, 5.41) is 18.1. The van der Waals surface area contributed by atoms with Crippen LogP contribution in [0.1, 0.15) is 24.7 Å². The lowest BCUT2D eigenvalue weighted by atomic mass is 10.3. The number of aromatic nitrogens is 10. The predicted molar refractivity (Wildman–Crippen MR) is 97.6 cm³/mol. The second-order valence-corrected chi connectivity index (χ2v) is 6.98. The summed E-state index contributed by atoms with van der Waals surface area (Å²) in [5.74, 6) is 1.19. The average Bonchev–Trinajstić information content (AvgIpc) is 3.09. The minimum Gasteiger partial charge on any atom is -0.321 e. The molecular weight excluding hydrogens is 364 g/mol. The normalized spacial score (nSPS) is 14.2. The van der Waals surface area contributed by atoms with Crippen molar-refractivity contribution in [2.75, 3.05) is 0 Å². The van der Waals surface area contributed by atoms with E-state index < -0.39 is 0 Å². The van der Waals surface area contributed by atoms with Crippen LogP contribution in [-0.2, 0) is 27.1 Å². The zero-order valence-corrected chi connectivity index (χ0v) is 15.4. The Morgan fingerprint density at radius 2 is 2.04 bits per heavy atom. The smallest absolute Gasteiger partial charge is 0.321 e. The van der Waals surface area contributed by atoms with Gasteiger partial charge in [0.15, 0.2) is 17.0 Å². The Balaban J connectivity index is 1.56. The van der Waals surface area contributed by atoms with Gasteiger partial charge in [-0.2, -0.15) is 10.3 Å². The molecule has 1 N–H and O–H groups in total. The van der Waals surface area contributed by atoms with Gasteiger partial charge >= 0.3 is 5.69 Å². The largest absolute Gasteiger partial charge is 0.332 e. The molecule has 4 aromatic heterocycles. The lowest BCUT2D eigenvalue weighted by Gasteiger charge is -2.06. The van der Waals surface area contributed by atoms with E-state index in [9.17, 15) is 9.59 Å². The van der Waals surface area contributed by atoms with Crippen molar-refractivity contribution in [3.8, 4) is 11.4 Å². The van der Waals surface area contributed by atoms with Crippen molar-refractivity contribution >= 4 is 11.2 Å². The minimum absolute atomic E-state index is 0.00170. The van der Waals surface area contributed by atoms with Gasteiger partial charge in [-0.1, -0.05) is 5.21 Å². The van der Waals surface area contributed by atoms with E-state index in [0.717, 1.165) is 18.4 Å². The van der Waals surface area contributed by atoms with E-state index in [1.54, 1.807) is 29.5 Å². The zero-order chi connectivity index (χ0) is 19.4. The van der Waals surface area contributed by atoms with Crippen LogP contribution in [0.4, 0.5) is 0 Å². The number of tetrazole rings is 1. The van der Waals surface area contributed by atoms with Crippen molar-refractivity contribution in [2.24, 2.45) is 14.1 Å². The number of H-pyrrole nitrogens is 1. The molecule has 0 amide bonds. The molecule has 0 radical (unpaired) electrons. The SMILES string of the molecule is Cn1c(-c2cnn(CCc3nn[nH]n3)c2)nc2c1c(=O)n(C1CC1)c(=O)n2C. The maximum atomic E-state index is 12.9. The van der Waals surface area contributed by atoms with Gasteiger partial charge in [-0.05, 0) is 12.8 Å². The first kappa shape index (κ1) is 16.6. The number of imidazole rings is 1. The lowest BCUT2D eigenvalue weighted by Crippen LogP contribution is -2.39. The van der Waals surface area contributed by atoms with Crippen LogP contribution in [0.5, 0.6) is 0 Å². The number of hydrogen-bond acceptors (Lipinski definition) is 7. The van der Waals surface area contributed by atoms with Crippen molar-refractivity contribution in [1.82, 2.24) is 49.1 Å². The summed E-state index contributed by atoms with van der Waals surface area (Å²) in [6, 6.07) is 0.00170. The first-order chi connectivity index (χ1) is 13.5. The van der Waals surface area contributed by atoms with Crippen molar-refractivity contribution in [2.45, 2.75) is 31.8 Å². The van der Waals surface area contributed by atoms with Crippen molar-refractivity contribution in [3.63, 3.8) is 0 Å². The van der Waals surface area contributed by atoms with E-state index in [4.69, 9.17) is 0 Å². The Morgan fingerprint density at radius 3 is 2.75 bits per heavy atom. The molecule has 4 heterocycles. The molecule has 1 saturated carbocycles. The molecule has 0 atom stereocenters. The van der Waals surface area contributed by atoms with Crippen LogP contribution in [0.15, 0.2) is 22.0 Å². The Morgan fingerprint density at radius 1 is 1.21 bits per heavy atom. The molecule has 0 spiro atoms. The molecule has 0 saturated heterocycles. The minimum atomic E-state index is -0.319. The number of nitrogens with zero attached hydrogens (tertiary/aromatic N) is 9. The summed E-state index contributed by atoms with van der Waals surface area (Å²) in [6.45, 7) is 0.580. The van der Waals surface area contributed by atoms with Gasteiger partial charge in [-0.25, -0.2) is 9.78 Å². The van der Waals surface area contributed by atoms with Crippen molar-refractivity contribution < 1.29 is 0 Å². The molecule has 12 heteroatoms. The summed E-state index contributed by atoms with van der Waals surface area (Å²) < 4.78 is 6.28. The van der Waals surface area contributed by atoms with Crippen LogP contribution < -0.4 is 11.2 Å². The van der Waals surface area contributed by atoms with E-state index in [1.165, 1.54) is 9.13 Å². The summed E-state index contributed by atoms with van der Waals surface area (Å²) in [6.07, 6.45) is 5.84. The maximum Gasteiger partial charge on any atom is 0.332 e. The first-order valence-electron chi connectivity index (χ1n) is 8.97. The van der Waals surface area contributed by atoms with E-state index in [-0.39, 0.29) is 17.3 Å². The number of aryl methyl sites for hydroxylation is 4. The summed E-state index contributed by atoms with van der Waals surface area (Å²) in [7, 11) is 3.43. The molecule has 1 aliphatic carbocycles. The van der Waals surface area contributed by atoms with Crippen LogP contribution in [0.2, 0.25) is 0 Å². The monoisotopic (exact) mass is 382 g/mol. The highest BCUT2D eigenvalue weighted by Gasteiger charge is 2.30. The van der Waals surface area contributed by atoms with Crippen LogP contribution in [0.25, 0.3) is 22.6 Å². The fourth-order valence-electron chi connectivity index (χ4n) is 3.43. The molecule has 4 aromatic rings. The highest BCUT2D eigenvalue weighted by atomic mass is 16.2. The van der Waals surface area contributed by atoms with Crippen LogP contribution >= 0.6 is 0 Å². The summed E-state index contributed by atoms with van der Waals surface area (Å²) in [4.78, 5) is 30.1. The zero-order valence-electron chi connectivity index (χ0n) is 15.4. The van der Waals surface area contributed by atoms with Gasteiger partial charge in [0.25, 0.3) is 5.56 Å². The molecule has 5 rings (SSSR count). The molecular formula is C16H18N10O2. The van der Waals surface area contributed by atoms with Crippen molar-refractivity contribution in [1.29, 1.82) is 0 Å². The first-order valence-corrected chi connectivity index (χ1v) is 8.97. The van der Waals surface area contributed by atoms with Gasteiger partial charge in [0.1, 0.15) is 5.82 Å². The molecule has 1 aliphatic rings. The number of fused-ring (bicyclic) bond motifs is 1. The third-order valence-corrected chi connectivity index (χ3v) is 5.07. The lowest BCUT2D eigenvalue weighted by molar-refractivity contribution is 0.601. The fourth-order valence-corrected chi connectivity index (χ4v) is 3.43. The second-order valence-electron chi connectivity index (χ2n) is 6.98. The van der Waals surface area contributed by atoms with Gasteiger partial charge in [0, 0.05) is 39.3 Å². The molecule has 0 aromatic carbocycles. The van der Waals surface area contributed by atoms with Crippen LogP contribution in [-0.4, -0.2) is 49.1 Å². The van der Waals surface area contributed by atoms with Gasteiger partial charge in [-0.15, -0.1) is 10.2 Å². The Hall–Kier alpha value is -3.57. The third-order valence-electron chi connectivity index (χ3n) is 5.07. The number of nitrogens with one attached hydrogen (secondary N) is 1. The Kier molecular flexibility index (Phi) is 3.54. The highest BCUT2D eigenvalue weighted by Crippen LogP contribution is 2.32. The van der Waals surface area contributed by atoms with Crippen LogP contribution in [0, 0.1) is 0 Å². The Labute approximate surface area is 157 Å². The standard InChI is InChI=1S/C16H18N10O2/c1-23-12-14(24(2)16(28)26(15(12)27)10-3-4-10)18-13(23)9-7-17-25(8-9)6-5-11-19-21-22-20-11/h7-8,10H,3-6H2,1-2H3,(H,19,20,21,22). The van der Waals surface area contributed by atoms with Gasteiger partial charge in [0.05, 0.1) is 11.8 Å². The van der Waals surface area contributed by atoms with Gasteiger partial charge < -0.3 is 4.57 Å².